The van der Waals surface area contributed by atoms with Crippen molar-refractivity contribution in [2.45, 2.75) is 13.8 Å². The Hall–Kier alpha value is 1.18. The van der Waals surface area contributed by atoms with Crippen LogP contribution in [0.4, 0.5) is 0 Å². The van der Waals surface area contributed by atoms with E-state index < -0.39 is 4.72 Å². The van der Waals surface area contributed by atoms with E-state index >= 15 is 0 Å². The molecule has 0 radical (unpaired) electrons. The van der Waals surface area contributed by atoms with Crippen molar-refractivity contribution in [3.05, 3.63) is 0 Å². The van der Waals surface area contributed by atoms with Crippen molar-refractivity contribution < 1.29 is 4.89 Å². The summed E-state index contributed by atoms with van der Waals surface area (Å²) in [5.41, 5.74) is 0. The van der Waals surface area contributed by atoms with Gasteiger partial charge < -0.3 is 0 Å². The van der Waals surface area contributed by atoms with Gasteiger partial charge in [-0.05, 0) is 0 Å². The van der Waals surface area contributed by atoms with E-state index in [1.54, 1.807) is 0 Å². The first-order valence-corrected chi connectivity index (χ1v) is 7.59. The van der Waals surface area contributed by atoms with Crippen molar-refractivity contribution in [3.63, 3.8) is 0 Å². The Morgan fingerprint density at radius 2 is 1.71 bits per heavy atom. The molecule has 0 unspecified atom stereocenters. The zero-order valence-electron chi connectivity index (χ0n) is 4.72. The molecule has 0 amide bonds. The maximum absolute atomic E-state index is 9.25. The molecular formula is C4H11OPTe. The fourth-order valence-electron chi connectivity index (χ4n) is 0.224. The van der Waals surface area contributed by atoms with Crippen LogP contribution in [0, 0.1) is 0 Å². The molecule has 3 heteroatoms. The van der Waals surface area contributed by atoms with E-state index in [0.29, 0.717) is 0 Å². The predicted molar refractivity (Wildman–Crippen MR) is 36.0 cm³/mol. The van der Waals surface area contributed by atoms with Gasteiger partial charge in [0.25, 0.3) is 0 Å². The van der Waals surface area contributed by atoms with E-state index in [1.807, 2.05) is 35.1 Å². The van der Waals surface area contributed by atoms with Gasteiger partial charge in [-0.3, -0.25) is 0 Å². The van der Waals surface area contributed by atoms with Crippen LogP contribution in [0.15, 0.2) is 0 Å². The average Bonchev–Trinajstić information content (AvgIpc) is 1.68. The summed E-state index contributed by atoms with van der Waals surface area (Å²) in [6.45, 7) is 4.08. The second-order valence-electron chi connectivity index (χ2n) is 1.48. The summed E-state index contributed by atoms with van der Waals surface area (Å²) in [6.07, 6.45) is 1.93. The second kappa shape index (κ2) is 3.25. The summed E-state index contributed by atoms with van der Waals surface area (Å²) < 4.78 is -1.39. The topological polar surface area (TPSA) is 20.2 Å². The van der Waals surface area contributed by atoms with E-state index in [1.165, 1.54) is 0 Å². The first-order valence-electron chi connectivity index (χ1n) is 2.43. The van der Waals surface area contributed by atoms with Crippen molar-refractivity contribution in [2.24, 2.45) is 0 Å². The van der Waals surface area contributed by atoms with E-state index in [9.17, 15) is 4.89 Å². The van der Waals surface area contributed by atoms with Crippen LogP contribution in [0.2, 0.25) is 0 Å². The molecule has 0 aliphatic heterocycles. The Morgan fingerprint density at radius 1 is 1.43 bits per heavy atom. The van der Waals surface area contributed by atoms with Crippen LogP contribution in [-0.4, -0.2) is 38.5 Å². The van der Waals surface area contributed by atoms with Gasteiger partial charge in [0.15, 0.2) is 0 Å². The molecule has 7 heavy (non-hydrogen) atoms. The Bertz CT molecular complexity index is 83.7. The van der Waals surface area contributed by atoms with Crippen LogP contribution >= 0.6 is 4.72 Å². The fraction of sp³-hybridized carbons (Fsp3) is 1.00. The standard InChI is InChI=1S/C4H11OPTe/c1-3-6(5,7)4-2/h3-4H2,1-2H3,(H,5,7). The molecule has 1 nitrogen and oxygen atoms in total. The van der Waals surface area contributed by atoms with Crippen LogP contribution in [0.25, 0.3) is 0 Å². The van der Waals surface area contributed by atoms with Crippen molar-refractivity contribution in [1.29, 1.82) is 0 Å². The van der Waals surface area contributed by atoms with Crippen LogP contribution in [0.5, 0.6) is 0 Å². The molecule has 0 aromatic carbocycles. The van der Waals surface area contributed by atoms with Gasteiger partial charge in [-0.25, -0.2) is 0 Å². The monoisotopic (exact) mass is 236 g/mol. The van der Waals surface area contributed by atoms with Crippen LogP contribution in [0.1, 0.15) is 13.8 Å². The number of hydrogen-bond acceptors (Lipinski definition) is 1. The Labute approximate surface area is 57.2 Å². The molecule has 0 spiro atoms. The molecule has 0 bridgehead atoms. The average molecular weight is 234 g/mol. The van der Waals surface area contributed by atoms with Gasteiger partial charge in [0.05, 0.1) is 0 Å². The van der Waals surface area contributed by atoms with Crippen molar-refractivity contribution >= 4 is 25.9 Å². The second-order valence-corrected chi connectivity index (χ2v) is 10.3. The molecule has 0 aromatic rings. The molecule has 0 aliphatic rings. The van der Waals surface area contributed by atoms with Crippen LogP contribution in [-0.2, 0) is 0 Å². The zero-order valence-corrected chi connectivity index (χ0v) is 7.94. The van der Waals surface area contributed by atoms with Crippen LogP contribution in [0.3, 0.4) is 0 Å². The molecule has 44 valence electrons. The van der Waals surface area contributed by atoms with Crippen molar-refractivity contribution in [2.75, 3.05) is 12.3 Å². The normalized spacial score (nSPS) is 11.9. The van der Waals surface area contributed by atoms with Gasteiger partial charge in [0.1, 0.15) is 0 Å². The van der Waals surface area contributed by atoms with Gasteiger partial charge in [-0.15, -0.1) is 0 Å². The van der Waals surface area contributed by atoms with Crippen LogP contribution < -0.4 is 0 Å². The molecule has 1 N–H and O–H groups in total. The minimum atomic E-state index is -1.39. The van der Waals surface area contributed by atoms with Gasteiger partial charge in [-0.1, -0.05) is 0 Å². The summed E-state index contributed by atoms with van der Waals surface area (Å²) in [7, 11) is 0. The molecule has 0 fully saturated rings. The number of hydrogen-bond donors (Lipinski definition) is 1. The first-order chi connectivity index (χ1) is 3.12. The number of rotatable bonds is 2. The SMILES string of the molecule is CCP(O)(=[Te])CC. The van der Waals surface area contributed by atoms with Crippen molar-refractivity contribution in [1.82, 2.24) is 0 Å². The Morgan fingerprint density at radius 3 is 1.71 bits per heavy atom. The quantitative estimate of drug-likeness (QED) is 0.558. The predicted octanol–water partition coefficient (Wildman–Crippen LogP) is 1.03. The van der Waals surface area contributed by atoms with Gasteiger partial charge in [0, 0.05) is 0 Å². The summed E-state index contributed by atoms with van der Waals surface area (Å²) in [5.74, 6) is 0. The summed E-state index contributed by atoms with van der Waals surface area (Å²) in [4.78, 5) is 9.25. The Balaban J connectivity index is 3.61. The molecule has 0 saturated carbocycles. The molecule has 0 saturated heterocycles. The molecule has 0 aliphatic carbocycles. The van der Waals surface area contributed by atoms with E-state index in [2.05, 4.69) is 0 Å². The van der Waals surface area contributed by atoms with Gasteiger partial charge >= 0.3 is 57.0 Å². The third-order valence-corrected chi connectivity index (χ3v) is 7.39. The molecule has 0 aromatic heterocycles. The third kappa shape index (κ3) is 3.74. The van der Waals surface area contributed by atoms with Gasteiger partial charge in [0.2, 0.25) is 0 Å². The summed E-state index contributed by atoms with van der Waals surface area (Å²) >= 11 is 1.90. The zero-order chi connectivity index (χ0) is 5.91. The third-order valence-electron chi connectivity index (χ3n) is 0.988. The van der Waals surface area contributed by atoms with Crippen molar-refractivity contribution in [3.8, 4) is 0 Å². The fourth-order valence-corrected chi connectivity index (χ4v) is 0.671. The summed E-state index contributed by atoms with van der Waals surface area (Å²) in [6, 6.07) is 0. The molecular weight excluding hydrogens is 223 g/mol. The summed E-state index contributed by atoms with van der Waals surface area (Å²) in [5, 5.41) is 0. The maximum atomic E-state index is 9.25. The molecule has 0 heterocycles. The van der Waals surface area contributed by atoms with E-state index in [-0.39, 0.29) is 0 Å². The molecule has 0 atom stereocenters. The van der Waals surface area contributed by atoms with Gasteiger partial charge in [-0.2, -0.15) is 0 Å². The van der Waals surface area contributed by atoms with E-state index in [4.69, 9.17) is 0 Å². The Kier molecular flexibility index (Phi) is 3.80. The van der Waals surface area contributed by atoms with E-state index in [0.717, 1.165) is 12.3 Å². The first kappa shape index (κ1) is 8.18. The molecule has 0 rings (SSSR count). The minimum absolute atomic E-state index is 0.966.